The lowest BCUT2D eigenvalue weighted by molar-refractivity contribution is -0.262. The van der Waals surface area contributed by atoms with Crippen molar-refractivity contribution in [3.8, 4) is 11.5 Å². The van der Waals surface area contributed by atoms with E-state index in [9.17, 15) is 27.9 Å². The molecule has 2 fully saturated rings. The zero-order valence-electron chi connectivity index (χ0n) is 21.8. The minimum absolute atomic E-state index is 0.120. The molecular formula is C28H32ClF3N2O5. The van der Waals surface area contributed by atoms with Crippen molar-refractivity contribution in [3.05, 3.63) is 58.6 Å². The summed E-state index contributed by atoms with van der Waals surface area (Å²) in [7, 11) is 2.83. The molecule has 2 amide bonds. The van der Waals surface area contributed by atoms with E-state index in [0.29, 0.717) is 53.5 Å². The Balaban J connectivity index is 1.28. The number of carbonyl (C=O) groups excluding carboxylic acids is 2. The summed E-state index contributed by atoms with van der Waals surface area (Å²) in [6.07, 6.45) is -2.20. The summed E-state index contributed by atoms with van der Waals surface area (Å²) in [5, 5.41) is 13.6. The molecular weight excluding hydrogens is 537 g/mol. The highest BCUT2D eigenvalue weighted by molar-refractivity contribution is 6.34. The first kappa shape index (κ1) is 29.0. The molecule has 2 aromatic rings. The van der Waals surface area contributed by atoms with E-state index in [2.05, 4.69) is 5.32 Å². The summed E-state index contributed by atoms with van der Waals surface area (Å²) >= 11 is 6.16. The van der Waals surface area contributed by atoms with Crippen molar-refractivity contribution in [3.63, 3.8) is 0 Å². The molecule has 0 aromatic heterocycles. The van der Waals surface area contributed by atoms with E-state index in [-0.39, 0.29) is 24.7 Å². The van der Waals surface area contributed by atoms with Crippen molar-refractivity contribution in [2.45, 2.75) is 37.5 Å². The van der Waals surface area contributed by atoms with Crippen LogP contribution in [0.1, 0.15) is 41.6 Å². The zero-order chi connectivity index (χ0) is 28.4. The fourth-order valence-corrected chi connectivity index (χ4v) is 5.69. The van der Waals surface area contributed by atoms with Gasteiger partial charge in [-0.25, -0.2) is 0 Å². The second-order valence-electron chi connectivity index (χ2n) is 10.1. The summed E-state index contributed by atoms with van der Waals surface area (Å²) < 4.78 is 53.0. The lowest BCUT2D eigenvalue weighted by Crippen LogP contribution is -2.57. The topological polar surface area (TPSA) is 88.1 Å². The van der Waals surface area contributed by atoms with Gasteiger partial charge in [0.15, 0.2) is 0 Å². The second kappa shape index (κ2) is 11.6. The number of benzene rings is 2. The highest BCUT2D eigenvalue weighted by atomic mass is 35.5. The van der Waals surface area contributed by atoms with Gasteiger partial charge >= 0.3 is 6.18 Å². The van der Waals surface area contributed by atoms with Gasteiger partial charge in [0.05, 0.1) is 24.3 Å². The Kier molecular flexibility index (Phi) is 8.66. The number of aliphatic hydroxyl groups is 1. The van der Waals surface area contributed by atoms with Gasteiger partial charge < -0.3 is 24.8 Å². The predicted octanol–water partition coefficient (Wildman–Crippen LogP) is 4.80. The Bertz CT molecular complexity index is 1200. The molecule has 3 atom stereocenters. The van der Waals surface area contributed by atoms with Crippen LogP contribution in [0.25, 0.3) is 0 Å². The molecule has 7 nitrogen and oxygen atoms in total. The van der Waals surface area contributed by atoms with Gasteiger partial charge in [-0.05, 0) is 73.8 Å². The van der Waals surface area contributed by atoms with Crippen LogP contribution in [0.2, 0.25) is 5.02 Å². The Morgan fingerprint density at radius 3 is 2.46 bits per heavy atom. The monoisotopic (exact) mass is 568 g/mol. The van der Waals surface area contributed by atoms with Gasteiger partial charge in [0.2, 0.25) is 0 Å². The fourth-order valence-electron chi connectivity index (χ4n) is 5.43. The standard InChI is InChI=1S/C28H32ClF3N2O5/c1-33-25(35)22-7-6-21(16-24(22)29)39-13-10-18-14-23(18)17-8-11-34(12-9-17)26(36)27(37,28(30,31)32)19-4-3-5-20(15-19)38-2/h3-7,15-18,23,37H,8-14H2,1-2H3,(H,33,35)/t18-,23-,27-/m1/s1. The third-order valence-electron chi connectivity index (χ3n) is 7.79. The first-order chi connectivity index (χ1) is 18.5. The summed E-state index contributed by atoms with van der Waals surface area (Å²) in [5.41, 5.74) is -3.83. The fraction of sp³-hybridized carbons (Fsp3) is 0.500. The van der Waals surface area contributed by atoms with Crippen molar-refractivity contribution in [1.29, 1.82) is 0 Å². The second-order valence-corrected chi connectivity index (χ2v) is 10.5. The van der Waals surface area contributed by atoms with E-state index in [0.717, 1.165) is 29.9 Å². The molecule has 39 heavy (non-hydrogen) atoms. The molecule has 1 aliphatic heterocycles. The van der Waals surface area contributed by atoms with Crippen LogP contribution in [0.5, 0.6) is 11.5 Å². The first-order valence-electron chi connectivity index (χ1n) is 12.9. The van der Waals surface area contributed by atoms with Crippen LogP contribution in [0.15, 0.2) is 42.5 Å². The molecule has 212 valence electrons. The zero-order valence-corrected chi connectivity index (χ0v) is 22.5. The van der Waals surface area contributed by atoms with Crippen molar-refractivity contribution in [1.82, 2.24) is 10.2 Å². The molecule has 4 rings (SSSR count). The van der Waals surface area contributed by atoms with Gasteiger partial charge in [0.25, 0.3) is 17.4 Å². The minimum Gasteiger partial charge on any atom is -0.497 e. The molecule has 11 heteroatoms. The summed E-state index contributed by atoms with van der Waals surface area (Å²) in [4.78, 5) is 25.9. The van der Waals surface area contributed by atoms with Gasteiger partial charge in [-0.3, -0.25) is 9.59 Å². The molecule has 2 aliphatic rings. The van der Waals surface area contributed by atoms with Crippen molar-refractivity contribution in [2.24, 2.45) is 17.8 Å². The Labute approximate surface area is 230 Å². The maximum Gasteiger partial charge on any atom is 0.430 e. The molecule has 2 aromatic carbocycles. The van der Waals surface area contributed by atoms with Crippen molar-refractivity contribution in [2.75, 3.05) is 33.9 Å². The predicted molar refractivity (Wildman–Crippen MR) is 139 cm³/mol. The summed E-state index contributed by atoms with van der Waals surface area (Å²) in [6, 6.07) is 9.81. The highest BCUT2D eigenvalue weighted by Crippen LogP contribution is 2.50. The molecule has 1 saturated heterocycles. The van der Waals surface area contributed by atoms with Gasteiger partial charge in [-0.1, -0.05) is 23.7 Å². The lowest BCUT2D eigenvalue weighted by atomic mass is 9.87. The largest absolute Gasteiger partial charge is 0.497 e. The van der Waals surface area contributed by atoms with Gasteiger partial charge in [-0.2, -0.15) is 13.2 Å². The van der Waals surface area contributed by atoms with Crippen LogP contribution in [0, 0.1) is 17.8 Å². The maximum atomic E-state index is 14.1. The number of piperidine rings is 1. The third-order valence-corrected chi connectivity index (χ3v) is 8.10. The number of nitrogens with one attached hydrogen (secondary N) is 1. The number of alkyl halides is 3. The number of hydrogen-bond donors (Lipinski definition) is 2. The molecule has 2 N–H and O–H groups in total. The number of amides is 2. The Morgan fingerprint density at radius 2 is 1.85 bits per heavy atom. The average Bonchev–Trinajstić information content (AvgIpc) is 3.71. The van der Waals surface area contributed by atoms with E-state index in [1.54, 1.807) is 18.2 Å². The maximum absolute atomic E-state index is 14.1. The summed E-state index contributed by atoms with van der Waals surface area (Å²) in [5.74, 6) is 0.245. The van der Waals surface area contributed by atoms with Crippen LogP contribution < -0.4 is 14.8 Å². The summed E-state index contributed by atoms with van der Waals surface area (Å²) in [6.45, 7) is 0.789. The van der Waals surface area contributed by atoms with E-state index >= 15 is 0 Å². The van der Waals surface area contributed by atoms with Crippen molar-refractivity contribution >= 4 is 23.4 Å². The Morgan fingerprint density at radius 1 is 1.13 bits per heavy atom. The number of rotatable bonds is 9. The normalized spacial score (nSPS) is 21.2. The molecule has 0 bridgehead atoms. The Hall–Kier alpha value is -2.98. The number of hydrogen-bond acceptors (Lipinski definition) is 5. The van der Waals surface area contributed by atoms with E-state index in [4.69, 9.17) is 21.1 Å². The van der Waals surface area contributed by atoms with E-state index in [1.807, 2.05) is 0 Å². The molecule has 1 aliphatic carbocycles. The number of carbonyl (C=O) groups is 2. The molecule has 1 heterocycles. The van der Waals surface area contributed by atoms with Crippen LogP contribution >= 0.6 is 11.6 Å². The number of likely N-dealkylation sites (tertiary alicyclic amines) is 1. The van der Waals surface area contributed by atoms with E-state index in [1.165, 1.54) is 26.3 Å². The van der Waals surface area contributed by atoms with Gasteiger partial charge in [-0.15, -0.1) is 0 Å². The van der Waals surface area contributed by atoms with Crippen molar-refractivity contribution < 1.29 is 37.3 Å². The smallest absolute Gasteiger partial charge is 0.430 e. The lowest BCUT2D eigenvalue weighted by Gasteiger charge is -2.38. The average molecular weight is 569 g/mol. The highest BCUT2D eigenvalue weighted by Gasteiger charge is 2.62. The number of nitrogens with zero attached hydrogens (tertiary/aromatic N) is 1. The SMILES string of the molecule is CNC(=O)c1ccc(OCC[C@@H]2C[C@@H]2C2CCN(C(=O)[C@](O)(c3cccc(OC)c3)C(F)(F)F)CC2)cc1Cl. The first-order valence-corrected chi connectivity index (χ1v) is 13.2. The molecule has 1 saturated carbocycles. The molecule has 0 spiro atoms. The number of halogens is 4. The van der Waals surface area contributed by atoms with E-state index < -0.39 is 23.2 Å². The quantitative estimate of drug-likeness (QED) is 0.454. The number of methoxy groups -OCH3 is 1. The number of ether oxygens (including phenoxy) is 2. The van der Waals surface area contributed by atoms with Crippen LogP contribution in [0.3, 0.4) is 0 Å². The van der Waals surface area contributed by atoms with Gasteiger partial charge in [0.1, 0.15) is 11.5 Å². The van der Waals surface area contributed by atoms with Crippen LogP contribution in [-0.2, 0) is 10.4 Å². The van der Waals surface area contributed by atoms with Crippen LogP contribution in [0.4, 0.5) is 13.2 Å². The minimum atomic E-state index is -5.19. The molecule has 0 unspecified atom stereocenters. The van der Waals surface area contributed by atoms with Gasteiger partial charge in [0, 0.05) is 25.7 Å². The van der Waals surface area contributed by atoms with Crippen LogP contribution in [-0.4, -0.2) is 61.9 Å². The third kappa shape index (κ3) is 6.11. The molecule has 0 radical (unpaired) electrons.